The van der Waals surface area contributed by atoms with Crippen molar-refractivity contribution >= 4 is 11.8 Å². The van der Waals surface area contributed by atoms with Crippen LogP contribution in [0.2, 0.25) is 0 Å². The predicted octanol–water partition coefficient (Wildman–Crippen LogP) is -1.68. The van der Waals surface area contributed by atoms with Gasteiger partial charge in [-0.15, -0.1) is 0 Å². The van der Waals surface area contributed by atoms with E-state index in [1.165, 1.54) is 0 Å². The second-order valence-electron chi connectivity index (χ2n) is 4.98. The summed E-state index contributed by atoms with van der Waals surface area (Å²) >= 11 is 0. The summed E-state index contributed by atoms with van der Waals surface area (Å²) in [6.45, 7) is 4.66. The quantitative estimate of drug-likeness (QED) is 0.640. The zero-order valence-corrected chi connectivity index (χ0v) is 11.1. The fraction of sp³-hybridized carbons (Fsp3) is 0.833. The lowest BCUT2D eigenvalue weighted by molar-refractivity contribution is -0.140. The van der Waals surface area contributed by atoms with Gasteiger partial charge in [0.1, 0.15) is 6.04 Å². The molecule has 0 bridgehead atoms. The van der Waals surface area contributed by atoms with Crippen LogP contribution in [-0.2, 0) is 19.1 Å². The molecule has 3 N–H and O–H groups in total. The molecule has 2 saturated heterocycles. The summed E-state index contributed by atoms with van der Waals surface area (Å²) in [6, 6.07) is -0.830. The number of carbonyl (C=O) groups is 2. The SMILES string of the molecule is CC(NC(=O)C1COCC1N)C(=O)N1CCOCC1. The number of morpholine rings is 1. The van der Waals surface area contributed by atoms with Crippen LogP contribution < -0.4 is 11.1 Å². The maximum Gasteiger partial charge on any atom is 0.245 e. The third kappa shape index (κ3) is 3.43. The molecule has 2 aliphatic rings. The van der Waals surface area contributed by atoms with Gasteiger partial charge in [0.05, 0.1) is 32.3 Å². The van der Waals surface area contributed by atoms with Gasteiger partial charge in [0.15, 0.2) is 0 Å². The molecular formula is C12H21N3O4. The van der Waals surface area contributed by atoms with Gasteiger partial charge in [-0.05, 0) is 6.92 Å². The maximum atomic E-state index is 12.1. The first-order valence-corrected chi connectivity index (χ1v) is 6.60. The number of amides is 2. The Balaban J connectivity index is 1.83. The Morgan fingerprint density at radius 1 is 1.26 bits per heavy atom. The first-order valence-electron chi connectivity index (χ1n) is 6.60. The average Bonchev–Trinajstić information content (AvgIpc) is 2.85. The summed E-state index contributed by atoms with van der Waals surface area (Å²) in [5.74, 6) is -0.650. The Kier molecular flexibility index (Phi) is 4.73. The van der Waals surface area contributed by atoms with Crippen LogP contribution >= 0.6 is 0 Å². The predicted molar refractivity (Wildman–Crippen MR) is 67.3 cm³/mol. The molecule has 19 heavy (non-hydrogen) atoms. The van der Waals surface area contributed by atoms with Gasteiger partial charge >= 0.3 is 0 Å². The second kappa shape index (κ2) is 6.31. The number of nitrogens with zero attached hydrogens (tertiary/aromatic N) is 1. The number of rotatable bonds is 3. The van der Waals surface area contributed by atoms with Crippen LogP contribution in [-0.4, -0.2) is 68.3 Å². The number of ether oxygens (including phenoxy) is 2. The molecule has 0 aromatic rings. The molecule has 2 heterocycles. The molecule has 2 amide bonds. The summed E-state index contributed by atoms with van der Waals surface area (Å²) in [7, 11) is 0. The number of nitrogens with two attached hydrogens (primary N) is 1. The molecule has 3 atom stereocenters. The Labute approximate surface area is 112 Å². The molecule has 7 heteroatoms. The normalized spacial score (nSPS) is 29.1. The van der Waals surface area contributed by atoms with Gasteiger partial charge < -0.3 is 25.4 Å². The van der Waals surface area contributed by atoms with Gasteiger partial charge in [0, 0.05) is 19.1 Å². The van der Waals surface area contributed by atoms with E-state index in [2.05, 4.69) is 5.32 Å². The molecule has 0 spiro atoms. The molecule has 0 aromatic carbocycles. The first kappa shape index (κ1) is 14.2. The highest BCUT2D eigenvalue weighted by molar-refractivity contribution is 5.88. The highest BCUT2D eigenvalue weighted by Crippen LogP contribution is 2.12. The van der Waals surface area contributed by atoms with Crippen molar-refractivity contribution in [2.45, 2.75) is 19.0 Å². The number of hydrogen-bond donors (Lipinski definition) is 2. The third-order valence-electron chi connectivity index (χ3n) is 3.51. The molecule has 2 aliphatic heterocycles. The van der Waals surface area contributed by atoms with Gasteiger partial charge in [0.2, 0.25) is 11.8 Å². The fourth-order valence-corrected chi connectivity index (χ4v) is 2.28. The first-order chi connectivity index (χ1) is 9.09. The monoisotopic (exact) mass is 271 g/mol. The van der Waals surface area contributed by atoms with E-state index < -0.39 is 6.04 Å². The smallest absolute Gasteiger partial charge is 0.245 e. The Bertz CT molecular complexity index is 344. The van der Waals surface area contributed by atoms with Gasteiger partial charge in [0.25, 0.3) is 0 Å². The van der Waals surface area contributed by atoms with E-state index in [9.17, 15) is 9.59 Å². The number of carbonyl (C=O) groups excluding carboxylic acids is 2. The third-order valence-corrected chi connectivity index (χ3v) is 3.51. The second-order valence-corrected chi connectivity index (χ2v) is 4.98. The zero-order valence-electron chi connectivity index (χ0n) is 11.1. The molecule has 2 fully saturated rings. The topological polar surface area (TPSA) is 93.9 Å². The van der Waals surface area contributed by atoms with Crippen LogP contribution in [0.1, 0.15) is 6.92 Å². The van der Waals surface area contributed by atoms with Crippen LogP contribution in [0.5, 0.6) is 0 Å². The van der Waals surface area contributed by atoms with Crippen molar-refractivity contribution in [2.75, 3.05) is 39.5 Å². The van der Waals surface area contributed by atoms with Crippen molar-refractivity contribution in [3.63, 3.8) is 0 Å². The van der Waals surface area contributed by atoms with E-state index in [1.807, 2.05) is 0 Å². The van der Waals surface area contributed by atoms with Crippen molar-refractivity contribution in [2.24, 2.45) is 11.7 Å². The lowest BCUT2D eigenvalue weighted by Crippen LogP contribution is -2.52. The van der Waals surface area contributed by atoms with E-state index in [4.69, 9.17) is 15.2 Å². The van der Waals surface area contributed by atoms with E-state index in [0.29, 0.717) is 39.5 Å². The number of nitrogens with one attached hydrogen (secondary N) is 1. The van der Waals surface area contributed by atoms with E-state index in [-0.39, 0.29) is 23.8 Å². The summed E-state index contributed by atoms with van der Waals surface area (Å²) in [5, 5.41) is 2.72. The minimum absolute atomic E-state index is 0.0795. The average molecular weight is 271 g/mol. The standard InChI is InChI=1S/C12H21N3O4/c1-8(12(17)15-2-4-18-5-3-15)14-11(16)9-6-19-7-10(9)13/h8-10H,2-7,13H2,1H3,(H,14,16). The number of hydrogen-bond acceptors (Lipinski definition) is 5. The zero-order chi connectivity index (χ0) is 13.8. The van der Waals surface area contributed by atoms with Crippen LogP contribution in [0, 0.1) is 5.92 Å². The molecule has 3 unspecified atom stereocenters. The van der Waals surface area contributed by atoms with Gasteiger partial charge in [-0.3, -0.25) is 9.59 Å². The Morgan fingerprint density at radius 2 is 1.95 bits per heavy atom. The van der Waals surface area contributed by atoms with Crippen molar-refractivity contribution in [1.29, 1.82) is 0 Å². The highest BCUT2D eigenvalue weighted by atomic mass is 16.5. The molecule has 0 aliphatic carbocycles. The molecule has 7 nitrogen and oxygen atoms in total. The Hall–Kier alpha value is -1.18. The van der Waals surface area contributed by atoms with Crippen LogP contribution in [0.4, 0.5) is 0 Å². The summed E-state index contributed by atoms with van der Waals surface area (Å²) in [5.41, 5.74) is 5.78. The van der Waals surface area contributed by atoms with Gasteiger partial charge in [-0.1, -0.05) is 0 Å². The highest BCUT2D eigenvalue weighted by Gasteiger charge is 2.33. The molecular weight excluding hydrogens is 250 g/mol. The van der Waals surface area contributed by atoms with E-state index in [0.717, 1.165) is 0 Å². The van der Waals surface area contributed by atoms with Crippen LogP contribution in [0.25, 0.3) is 0 Å². The fourth-order valence-electron chi connectivity index (χ4n) is 2.28. The largest absolute Gasteiger partial charge is 0.379 e. The van der Waals surface area contributed by atoms with Crippen molar-refractivity contribution in [3.05, 3.63) is 0 Å². The molecule has 0 saturated carbocycles. The lowest BCUT2D eigenvalue weighted by Gasteiger charge is -2.29. The summed E-state index contributed by atoms with van der Waals surface area (Å²) in [4.78, 5) is 25.8. The maximum absolute atomic E-state index is 12.1. The molecule has 2 rings (SSSR count). The van der Waals surface area contributed by atoms with Crippen molar-refractivity contribution < 1.29 is 19.1 Å². The Morgan fingerprint density at radius 3 is 2.53 bits per heavy atom. The molecule has 108 valence electrons. The minimum atomic E-state index is -0.543. The van der Waals surface area contributed by atoms with Crippen molar-refractivity contribution in [1.82, 2.24) is 10.2 Å². The van der Waals surface area contributed by atoms with E-state index >= 15 is 0 Å². The summed E-state index contributed by atoms with van der Waals surface area (Å²) in [6.07, 6.45) is 0. The minimum Gasteiger partial charge on any atom is -0.379 e. The molecule has 0 radical (unpaired) electrons. The van der Waals surface area contributed by atoms with Crippen LogP contribution in [0.15, 0.2) is 0 Å². The summed E-state index contributed by atoms with van der Waals surface area (Å²) < 4.78 is 10.3. The lowest BCUT2D eigenvalue weighted by atomic mass is 10.0. The van der Waals surface area contributed by atoms with Gasteiger partial charge in [-0.2, -0.15) is 0 Å². The van der Waals surface area contributed by atoms with E-state index in [1.54, 1.807) is 11.8 Å². The van der Waals surface area contributed by atoms with Gasteiger partial charge in [-0.25, -0.2) is 0 Å². The van der Waals surface area contributed by atoms with Crippen molar-refractivity contribution in [3.8, 4) is 0 Å². The molecule has 0 aromatic heterocycles. The van der Waals surface area contributed by atoms with Crippen LogP contribution in [0.3, 0.4) is 0 Å².